The highest BCUT2D eigenvalue weighted by Gasteiger charge is 2.41. The number of rotatable bonds is 6. The molecule has 2 aromatic rings. The molecule has 25 heavy (non-hydrogen) atoms. The lowest BCUT2D eigenvalue weighted by Gasteiger charge is -2.46. The van der Waals surface area contributed by atoms with Crippen molar-refractivity contribution in [2.24, 2.45) is 0 Å². The first-order valence-corrected chi connectivity index (χ1v) is 9.25. The van der Waals surface area contributed by atoms with Gasteiger partial charge in [0.1, 0.15) is 5.66 Å². The average Bonchev–Trinajstić information content (AvgIpc) is 2.59. The average molecular weight is 378 g/mol. The molecule has 3 rings (SSSR count). The monoisotopic (exact) mass is 377 g/mol. The lowest BCUT2D eigenvalue weighted by Crippen LogP contribution is -2.60. The first kappa shape index (κ1) is 17.9. The molecule has 0 spiro atoms. The highest BCUT2D eigenvalue weighted by molar-refractivity contribution is 6.31. The van der Waals surface area contributed by atoms with Gasteiger partial charge in [0, 0.05) is 10.9 Å². The highest BCUT2D eigenvalue weighted by atomic mass is 35.5. The largest absolute Gasteiger partial charge is 0.361 e. The molecule has 1 unspecified atom stereocenters. The van der Waals surface area contributed by atoms with Gasteiger partial charge >= 0.3 is 0 Å². The number of para-hydroxylation sites is 1. The molecule has 132 valence electrons. The number of carbonyl (C=O) groups is 1. The van der Waals surface area contributed by atoms with Gasteiger partial charge < -0.3 is 5.32 Å². The number of halogens is 2. The number of nitrogens with one attached hydrogen (secondary N) is 2. The lowest BCUT2D eigenvalue weighted by atomic mass is 9.97. The van der Waals surface area contributed by atoms with Crippen LogP contribution in [0.1, 0.15) is 36.5 Å². The Bertz CT molecular complexity index is 754. The van der Waals surface area contributed by atoms with E-state index in [1.807, 2.05) is 37.3 Å². The number of benzene rings is 2. The molecule has 4 nitrogen and oxygen atoms in total. The number of hydrogen-bond donors (Lipinski definition) is 2. The van der Waals surface area contributed by atoms with Crippen molar-refractivity contribution in [3.8, 4) is 0 Å². The Hall–Kier alpha value is -1.91. The maximum Gasteiger partial charge on any atom is 0.276 e. The van der Waals surface area contributed by atoms with E-state index in [2.05, 4.69) is 10.7 Å². The molecule has 0 saturated heterocycles. The second kappa shape index (κ2) is 7.54. The topological polar surface area (TPSA) is 44.4 Å². The number of anilines is 2. The van der Waals surface area contributed by atoms with E-state index >= 15 is 0 Å². The molecule has 1 amide bonds. The summed E-state index contributed by atoms with van der Waals surface area (Å²) in [5.41, 5.74) is 4.89. The molecule has 1 heterocycles. The normalized spacial score (nSPS) is 19.3. The molecule has 0 fully saturated rings. The van der Waals surface area contributed by atoms with Crippen LogP contribution in [0, 0.1) is 0 Å². The molecule has 2 N–H and O–H groups in total. The van der Waals surface area contributed by atoms with Gasteiger partial charge in [-0.1, -0.05) is 29.8 Å². The third-order valence-electron chi connectivity index (χ3n) is 4.37. The molecule has 0 bridgehead atoms. The SMILES string of the molecule is CC1(CCCCCl)Nc2cc(Cl)ccc2C(=O)N1Nc1ccccc1. The number of amides is 1. The smallest absolute Gasteiger partial charge is 0.276 e. The molecular weight excluding hydrogens is 357 g/mol. The fraction of sp³-hybridized carbons (Fsp3) is 0.316. The van der Waals surface area contributed by atoms with Crippen LogP contribution < -0.4 is 10.7 Å². The van der Waals surface area contributed by atoms with Gasteiger partial charge in [-0.2, -0.15) is 0 Å². The first-order chi connectivity index (χ1) is 12.0. The van der Waals surface area contributed by atoms with Gasteiger partial charge in [-0.15, -0.1) is 11.6 Å². The first-order valence-electron chi connectivity index (χ1n) is 8.33. The fourth-order valence-corrected chi connectivity index (χ4v) is 3.41. The fourth-order valence-electron chi connectivity index (χ4n) is 3.05. The summed E-state index contributed by atoms with van der Waals surface area (Å²) in [5, 5.41) is 5.77. The summed E-state index contributed by atoms with van der Waals surface area (Å²) in [7, 11) is 0. The lowest BCUT2D eigenvalue weighted by molar-refractivity contribution is 0.0598. The summed E-state index contributed by atoms with van der Waals surface area (Å²) < 4.78 is 0. The molecule has 1 aliphatic heterocycles. The predicted octanol–water partition coefficient (Wildman–Crippen LogP) is 5.36. The Morgan fingerprint density at radius 1 is 1.16 bits per heavy atom. The summed E-state index contributed by atoms with van der Waals surface area (Å²) in [5.74, 6) is 0.529. The van der Waals surface area contributed by atoms with Crippen LogP contribution in [0.4, 0.5) is 11.4 Å². The van der Waals surface area contributed by atoms with E-state index in [0.29, 0.717) is 16.5 Å². The van der Waals surface area contributed by atoms with Gasteiger partial charge in [-0.3, -0.25) is 10.2 Å². The minimum absolute atomic E-state index is 0.0809. The van der Waals surface area contributed by atoms with Crippen molar-refractivity contribution in [1.29, 1.82) is 0 Å². The zero-order valence-electron chi connectivity index (χ0n) is 14.1. The summed E-state index contributed by atoms with van der Waals surface area (Å²) in [6.07, 6.45) is 2.56. The van der Waals surface area contributed by atoms with Crippen LogP contribution in [0.3, 0.4) is 0 Å². The molecule has 1 aliphatic rings. The van der Waals surface area contributed by atoms with Crippen LogP contribution >= 0.6 is 23.2 Å². The highest BCUT2D eigenvalue weighted by Crippen LogP contribution is 2.35. The molecule has 0 aliphatic carbocycles. The standard InChI is InChI=1S/C19H21Cl2N3O/c1-19(11-5-6-12-20)22-17-13-14(21)9-10-16(17)18(25)24(19)23-15-7-3-2-4-8-15/h2-4,7-10,13,22-23H,5-6,11-12H2,1H3. The van der Waals surface area contributed by atoms with Crippen molar-refractivity contribution in [3.63, 3.8) is 0 Å². The molecule has 0 radical (unpaired) electrons. The van der Waals surface area contributed by atoms with Gasteiger partial charge in [-0.25, -0.2) is 5.01 Å². The molecule has 2 aromatic carbocycles. The van der Waals surface area contributed by atoms with Crippen LogP contribution in [-0.4, -0.2) is 22.5 Å². The number of alkyl halides is 1. The van der Waals surface area contributed by atoms with Gasteiger partial charge in [0.15, 0.2) is 0 Å². The number of carbonyl (C=O) groups excluding carboxylic acids is 1. The second-order valence-electron chi connectivity index (χ2n) is 6.35. The molecule has 1 atom stereocenters. The Labute approximate surface area is 158 Å². The Morgan fingerprint density at radius 3 is 2.64 bits per heavy atom. The third kappa shape index (κ3) is 3.86. The zero-order valence-corrected chi connectivity index (χ0v) is 15.6. The predicted molar refractivity (Wildman–Crippen MR) is 104 cm³/mol. The van der Waals surface area contributed by atoms with Crippen LogP contribution in [0.5, 0.6) is 0 Å². The van der Waals surface area contributed by atoms with Crippen molar-refractivity contribution in [2.75, 3.05) is 16.6 Å². The van der Waals surface area contributed by atoms with Gasteiger partial charge in [0.05, 0.1) is 16.9 Å². The van der Waals surface area contributed by atoms with Crippen molar-refractivity contribution in [1.82, 2.24) is 5.01 Å². The minimum Gasteiger partial charge on any atom is -0.361 e. The maximum atomic E-state index is 13.1. The van der Waals surface area contributed by atoms with Gasteiger partial charge in [0.25, 0.3) is 5.91 Å². The van der Waals surface area contributed by atoms with Crippen LogP contribution in [0.25, 0.3) is 0 Å². The Morgan fingerprint density at radius 2 is 1.92 bits per heavy atom. The molecule has 6 heteroatoms. The number of hydrazine groups is 1. The van der Waals surface area contributed by atoms with E-state index in [-0.39, 0.29) is 5.91 Å². The van der Waals surface area contributed by atoms with Crippen molar-refractivity contribution in [2.45, 2.75) is 31.8 Å². The Kier molecular flexibility index (Phi) is 5.40. The van der Waals surface area contributed by atoms with E-state index in [0.717, 1.165) is 30.6 Å². The van der Waals surface area contributed by atoms with E-state index in [1.54, 1.807) is 23.2 Å². The van der Waals surface area contributed by atoms with Crippen LogP contribution in [-0.2, 0) is 0 Å². The van der Waals surface area contributed by atoms with Crippen LogP contribution in [0.2, 0.25) is 5.02 Å². The quantitative estimate of drug-likeness (QED) is 0.525. The molecule has 0 aromatic heterocycles. The van der Waals surface area contributed by atoms with Crippen molar-refractivity contribution in [3.05, 3.63) is 59.1 Å². The number of hydrogen-bond acceptors (Lipinski definition) is 3. The molecule has 0 saturated carbocycles. The van der Waals surface area contributed by atoms with E-state index in [9.17, 15) is 4.79 Å². The second-order valence-corrected chi connectivity index (χ2v) is 7.17. The number of unbranched alkanes of at least 4 members (excludes halogenated alkanes) is 1. The third-order valence-corrected chi connectivity index (χ3v) is 4.88. The summed E-state index contributed by atoms with van der Waals surface area (Å²) >= 11 is 11.9. The van der Waals surface area contributed by atoms with E-state index < -0.39 is 5.66 Å². The number of fused-ring (bicyclic) bond motifs is 1. The Balaban J connectivity index is 1.95. The van der Waals surface area contributed by atoms with Crippen LogP contribution in [0.15, 0.2) is 48.5 Å². The maximum absolute atomic E-state index is 13.1. The molecular formula is C19H21Cl2N3O. The summed E-state index contributed by atoms with van der Waals surface area (Å²) in [4.78, 5) is 13.1. The van der Waals surface area contributed by atoms with Crippen molar-refractivity contribution < 1.29 is 4.79 Å². The van der Waals surface area contributed by atoms with Gasteiger partial charge in [-0.05, 0) is 56.5 Å². The van der Waals surface area contributed by atoms with Crippen molar-refractivity contribution >= 4 is 40.5 Å². The van der Waals surface area contributed by atoms with E-state index in [1.165, 1.54) is 0 Å². The minimum atomic E-state index is -0.587. The zero-order chi connectivity index (χ0) is 17.9. The summed E-state index contributed by atoms with van der Waals surface area (Å²) in [6.45, 7) is 2.01. The number of nitrogens with zero attached hydrogens (tertiary/aromatic N) is 1. The van der Waals surface area contributed by atoms with Gasteiger partial charge in [0.2, 0.25) is 0 Å². The summed E-state index contributed by atoms with van der Waals surface area (Å²) in [6, 6.07) is 15.0. The van der Waals surface area contributed by atoms with E-state index in [4.69, 9.17) is 23.2 Å².